The van der Waals surface area contributed by atoms with Crippen molar-refractivity contribution in [3.63, 3.8) is 0 Å². The van der Waals surface area contributed by atoms with E-state index in [1.807, 2.05) is 0 Å². The summed E-state index contributed by atoms with van der Waals surface area (Å²) >= 11 is 5.73. The first kappa shape index (κ1) is 14.7. The van der Waals surface area contributed by atoms with Crippen molar-refractivity contribution in [1.29, 1.82) is 0 Å². The molecule has 6 nitrogen and oxygen atoms in total. The molecule has 7 heteroatoms. The van der Waals surface area contributed by atoms with Gasteiger partial charge in [-0.25, -0.2) is 0 Å². The number of nitrogens with one attached hydrogen (secondary N) is 1. The molecule has 2 unspecified atom stereocenters. The van der Waals surface area contributed by atoms with Gasteiger partial charge in [0.1, 0.15) is 5.02 Å². The normalized spacial score (nSPS) is 21.7. The molecule has 1 aromatic rings. The Morgan fingerprint density at radius 1 is 1.50 bits per heavy atom. The molecule has 1 fully saturated rings. The molecule has 1 aliphatic carbocycles. The molecule has 0 saturated heterocycles. The first-order valence-corrected chi connectivity index (χ1v) is 6.85. The Kier molecular flexibility index (Phi) is 4.57. The van der Waals surface area contributed by atoms with Gasteiger partial charge in [-0.1, -0.05) is 18.0 Å². The summed E-state index contributed by atoms with van der Waals surface area (Å²) in [5, 5.41) is 13.6. The van der Waals surface area contributed by atoms with E-state index >= 15 is 0 Å². The number of amides is 1. The van der Waals surface area contributed by atoms with Crippen LogP contribution in [-0.2, 0) is 4.79 Å². The average molecular weight is 298 g/mol. The Morgan fingerprint density at radius 3 is 2.90 bits per heavy atom. The average Bonchev–Trinajstić information content (AvgIpc) is 2.89. The quantitative estimate of drug-likeness (QED) is 0.659. The molecule has 1 amide bonds. The van der Waals surface area contributed by atoms with E-state index in [9.17, 15) is 14.9 Å². The molecule has 0 aromatic heterocycles. The zero-order valence-corrected chi connectivity index (χ0v) is 11.6. The van der Waals surface area contributed by atoms with Gasteiger partial charge in [0.15, 0.2) is 0 Å². The molecule has 0 spiro atoms. The fraction of sp³-hybridized carbons (Fsp3) is 0.462. The van der Waals surface area contributed by atoms with Gasteiger partial charge in [-0.2, -0.15) is 0 Å². The van der Waals surface area contributed by atoms with Gasteiger partial charge in [0, 0.05) is 17.7 Å². The molecular weight excluding hydrogens is 282 g/mol. The van der Waals surface area contributed by atoms with Crippen LogP contribution in [0.4, 0.5) is 11.4 Å². The van der Waals surface area contributed by atoms with Crippen LogP contribution in [0, 0.1) is 22.0 Å². The summed E-state index contributed by atoms with van der Waals surface area (Å²) in [6.07, 6.45) is 2.75. The Hall–Kier alpha value is -1.66. The summed E-state index contributed by atoms with van der Waals surface area (Å²) in [6.45, 7) is 0.485. The van der Waals surface area contributed by atoms with Gasteiger partial charge in [0.25, 0.3) is 5.69 Å². The summed E-state index contributed by atoms with van der Waals surface area (Å²) in [4.78, 5) is 22.4. The number of nitrogens with two attached hydrogens (primary N) is 1. The van der Waals surface area contributed by atoms with Crippen LogP contribution in [0.1, 0.15) is 19.3 Å². The van der Waals surface area contributed by atoms with Gasteiger partial charge in [-0.15, -0.1) is 0 Å². The van der Waals surface area contributed by atoms with E-state index < -0.39 is 4.92 Å². The summed E-state index contributed by atoms with van der Waals surface area (Å²) in [7, 11) is 0. The van der Waals surface area contributed by atoms with Crippen molar-refractivity contribution in [3.05, 3.63) is 33.3 Å². The van der Waals surface area contributed by atoms with E-state index in [1.54, 1.807) is 6.07 Å². The van der Waals surface area contributed by atoms with E-state index in [0.29, 0.717) is 12.2 Å². The van der Waals surface area contributed by atoms with E-state index in [0.717, 1.165) is 19.3 Å². The van der Waals surface area contributed by atoms with Crippen LogP contribution in [0.5, 0.6) is 0 Å². The van der Waals surface area contributed by atoms with Crippen LogP contribution in [-0.4, -0.2) is 17.4 Å². The minimum absolute atomic E-state index is 0.0497. The Morgan fingerprint density at radius 2 is 2.25 bits per heavy atom. The minimum atomic E-state index is -0.573. The summed E-state index contributed by atoms with van der Waals surface area (Å²) < 4.78 is 0. The lowest BCUT2D eigenvalue weighted by atomic mass is 9.95. The number of rotatable bonds is 4. The van der Waals surface area contributed by atoms with E-state index in [-0.39, 0.29) is 28.5 Å². The number of benzene rings is 1. The van der Waals surface area contributed by atoms with Gasteiger partial charge >= 0.3 is 0 Å². The fourth-order valence-electron chi connectivity index (χ4n) is 2.63. The predicted octanol–water partition coefficient (Wildman–Crippen LogP) is 2.56. The maximum absolute atomic E-state index is 12.2. The van der Waals surface area contributed by atoms with Gasteiger partial charge in [0.2, 0.25) is 5.91 Å². The Balaban J connectivity index is 2.12. The maximum atomic E-state index is 12.2. The molecule has 2 rings (SSSR count). The zero-order chi connectivity index (χ0) is 14.7. The van der Waals surface area contributed by atoms with E-state index in [2.05, 4.69) is 5.32 Å². The van der Waals surface area contributed by atoms with Crippen LogP contribution in [0.2, 0.25) is 5.02 Å². The molecule has 0 radical (unpaired) electrons. The number of hydrogen-bond donors (Lipinski definition) is 2. The molecular formula is C13H16ClN3O3. The van der Waals surface area contributed by atoms with Crippen molar-refractivity contribution < 1.29 is 9.72 Å². The Bertz CT molecular complexity index is 536. The highest BCUT2D eigenvalue weighted by atomic mass is 35.5. The van der Waals surface area contributed by atoms with Crippen molar-refractivity contribution >= 4 is 28.9 Å². The summed E-state index contributed by atoms with van der Waals surface area (Å²) in [5.74, 6) is -0.0541. The van der Waals surface area contributed by atoms with Crippen molar-refractivity contribution in [2.24, 2.45) is 17.6 Å². The second kappa shape index (κ2) is 6.19. The van der Waals surface area contributed by atoms with Crippen LogP contribution >= 0.6 is 11.6 Å². The zero-order valence-electron chi connectivity index (χ0n) is 10.8. The lowest BCUT2D eigenvalue weighted by Gasteiger charge is -2.17. The standard InChI is InChI=1S/C13H16ClN3O3/c14-11-5-4-9(6-12(11)17(19)20)16-13(18)10-3-1-2-8(10)7-15/h4-6,8,10H,1-3,7,15H2,(H,16,18). The first-order valence-electron chi connectivity index (χ1n) is 6.47. The summed E-state index contributed by atoms with van der Waals surface area (Å²) in [6, 6.07) is 4.23. The lowest BCUT2D eigenvalue weighted by molar-refractivity contribution is -0.384. The largest absolute Gasteiger partial charge is 0.330 e. The molecule has 0 aliphatic heterocycles. The van der Waals surface area contributed by atoms with Crippen molar-refractivity contribution in [2.45, 2.75) is 19.3 Å². The minimum Gasteiger partial charge on any atom is -0.330 e. The second-order valence-electron chi connectivity index (χ2n) is 4.95. The molecule has 1 aromatic carbocycles. The molecule has 0 bridgehead atoms. The number of carbonyl (C=O) groups excluding carboxylic acids is 1. The fourth-order valence-corrected chi connectivity index (χ4v) is 2.82. The molecule has 108 valence electrons. The monoisotopic (exact) mass is 297 g/mol. The van der Waals surface area contributed by atoms with E-state index in [4.69, 9.17) is 17.3 Å². The third-order valence-electron chi connectivity index (χ3n) is 3.71. The highest BCUT2D eigenvalue weighted by Crippen LogP contribution is 2.33. The SMILES string of the molecule is NCC1CCCC1C(=O)Nc1ccc(Cl)c([N+](=O)[O-])c1. The van der Waals surface area contributed by atoms with Crippen molar-refractivity contribution in [2.75, 3.05) is 11.9 Å². The number of hydrogen-bond acceptors (Lipinski definition) is 4. The molecule has 3 N–H and O–H groups in total. The third kappa shape index (κ3) is 3.08. The number of nitro benzene ring substituents is 1. The molecule has 0 heterocycles. The topological polar surface area (TPSA) is 98.3 Å². The Labute approximate surface area is 121 Å². The van der Waals surface area contributed by atoms with Gasteiger partial charge in [0.05, 0.1) is 4.92 Å². The van der Waals surface area contributed by atoms with Gasteiger partial charge in [-0.05, 0) is 37.4 Å². The molecule has 1 aliphatic rings. The maximum Gasteiger partial charge on any atom is 0.289 e. The highest BCUT2D eigenvalue weighted by molar-refractivity contribution is 6.32. The van der Waals surface area contributed by atoms with Crippen LogP contribution < -0.4 is 11.1 Å². The van der Waals surface area contributed by atoms with Crippen LogP contribution in [0.15, 0.2) is 18.2 Å². The second-order valence-corrected chi connectivity index (χ2v) is 5.35. The summed E-state index contributed by atoms with van der Waals surface area (Å²) in [5.41, 5.74) is 5.82. The van der Waals surface area contributed by atoms with Crippen LogP contribution in [0.3, 0.4) is 0 Å². The number of halogens is 1. The van der Waals surface area contributed by atoms with Gasteiger partial charge < -0.3 is 11.1 Å². The molecule has 20 heavy (non-hydrogen) atoms. The number of nitrogens with zero attached hydrogens (tertiary/aromatic N) is 1. The van der Waals surface area contributed by atoms with Crippen molar-refractivity contribution in [3.8, 4) is 0 Å². The highest BCUT2D eigenvalue weighted by Gasteiger charge is 2.32. The number of carbonyl (C=O) groups is 1. The number of nitro groups is 1. The molecule has 1 saturated carbocycles. The number of anilines is 1. The third-order valence-corrected chi connectivity index (χ3v) is 4.03. The molecule has 2 atom stereocenters. The van der Waals surface area contributed by atoms with Gasteiger partial charge in [-0.3, -0.25) is 14.9 Å². The van der Waals surface area contributed by atoms with Crippen molar-refractivity contribution in [1.82, 2.24) is 0 Å². The lowest BCUT2D eigenvalue weighted by Crippen LogP contribution is -2.29. The van der Waals surface area contributed by atoms with Crippen LogP contribution in [0.25, 0.3) is 0 Å². The van der Waals surface area contributed by atoms with E-state index in [1.165, 1.54) is 12.1 Å². The predicted molar refractivity (Wildman–Crippen MR) is 76.6 cm³/mol. The first-order chi connectivity index (χ1) is 9.52. The smallest absolute Gasteiger partial charge is 0.289 e.